The molecule has 2 aliphatic carbocycles. The molecule has 0 aromatic heterocycles. The summed E-state index contributed by atoms with van der Waals surface area (Å²) in [4.78, 5) is 0. The number of aliphatic hydroxyl groups is 4. The highest BCUT2D eigenvalue weighted by atomic mass is 16.3. The van der Waals surface area contributed by atoms with Gasteiger partial charge in [0.25, 0.3) is 0 Å². The number of likely N-dealkylation sites (N-methyl/N-ethyl adjacent to an activating group) is 4. The van der Waals surface area contributed by atoms with E-state index < -0.39 is 0 Å². The minimum absolute atomic E-state index is 0.110. The summed E-state index contributed by atoms with van der Waals surface area (Å²) >= 11 is 0. The average molecular weight is 465 g/mol. The molecule has 2 aliphatic rings. The van der Waals surface area contributed by atoms with Gasteiger partial charge < -0.3 is 41.7 Å². The van der Waals surface area contributed by atoms with Gasteiger partial charge in [0, 0.05) is 24.7 Å². The lowest BCUT2D eigenvalue weighted by Gasteiger charge is -2.31. The number of hydrogen-bond donors (Lipinski definition) is 8. The van der Waals surface area contributed by atoms with Gasteiger partial charge in [-0.25, -0.2) is 0 Å². The highest BCUT2D eigenvalue weighted by Crippen LogP contribution is 2.24. The molecule has 32 heavy (non-hydrogen) atoms. The molecule has 196 valence electrons. The summed E-state index contributed by atoms with van der Waals surface area (Å²) in [5.41, 5.74) is 0. The fourth-order valence-electron chi connectivity index (χ4n) is 3.75. The van der Waals surface area contributed by atoms with Crippen LogP contribution in [-0.4, -0.2) is 98.2 Å². The van der Waals surface area contributed by atoms with Crippen LogP contribution in [0.15, 0.2) is 0 Å². The molecule has 0 aromatic carbocycles. The fraction of sp³-hybridized carbons (Fsp3) is 1.00. The Hall–Kier alpha value is -0.320. The van der Waals surface area contributed by atoms with Gasteiger partial charge in [-0.15, -0.1) is 0 Å². The molecule has 8 heteroatoms. The highest BCUT2D eigenvalue weighted by molar-refractivity contribution is 4.82. The van der Waals surface area contributed by atoms with Crippen molar-refractivity contribution in [1.82, 2.24) is 21.3 Å². The first kappa shape index (κ1) is 33.9. The predicted molar refractivity (Wildman–Crippen MR) is 135 cm³/mol. The zero-order chi connectivity index (χ0) is 25.1. The van der Waals surface area contributed by atoms with Crippen molar-refractivity contribution in [2.75, 3.05) is 41.3 Å². The zero-order valence-electron chi connectivity index (χ0n) is 22.1. The Bertz CT molecular complexity index is 400. The van der Waals surface area contributed by atoms with Gasteiger partial charge in [0.05, 0.1) is 24.9 Å². The minimum atomic E-state index is -0.213. The predicted octanol–water partition coefficient (Wildman–Crippen LogP) is 0.684. The monoisotopic (exact) mass is 464 g/mol. The van der Waals surface area contributed by atoms with Crippen molar-refractivity contribution in [3.63, 3.8) is 0 Å². The Morgan fingerprint density at radius 2 is 1.31 bits per heavy atom. The van der Waals surface area contributed by atoms with E-state index in [2.05, 4.69) is 35.1 Å². The Morgan fingerprint density at radius 1 is 0.781 bits per heavy atom. The molecule has 8 nitrogen and oxygen atoms in total. The third kappa shape index (κ3) is 18.1. The topological polar surface area (TPSA) is 129 Å². The van der Waals surface area contributed by atoms with Gasteiger partial charge >= 0.3 is 0 Å². The molecule has 8 N–H and O–H groups in total. The average Bonchev–Trinajstić information content (AvgIpc) is 2.76. The van der Waals surface area contributed by atoms with E-state index in [0.29, 0.717) is 24.5 Å². The molecule has 0 saturated heterocycles. The zero-order valence-corrected chi connectivity index (χ0v) is 22.1. The van der Waals surface area contributed by atoms with Crippen LogP contribution in [0.2, 0.25) is 0 Å². The molecule has 0 bridgehead atoms. The van der Waals surface area contributed by atoms with Crippen LogP contribution in [0, 0.1) is 11.8 Å². The maximum atomic E-state index is 9.48. The molecule has 8 atom stereocenters. The molecule has 8 unspecified atom stereocenters. The second-order valence-corrected chi connectivity index (χ2v) is 9.54. The molecule has 0 amide bonds. The third-order valence-corrected chi connectivity index (χ3v) is 6.16. The molecule has 0 spiro atoms. The van der Waals surface area contributed by atoms with E-state index in [-0.39, 0.29) is 31.0 Å². The van der Waals surface area contributed by atoms with Gasteiger partial charge in [0.15, 0.2) is 0 Å². The largest absolute Gasteiger partial charge is 0.395 e. The van der Waals surface area contributed by atoms with Gasteiger partial charge in [-0.05, 0) is 92.4 Å². The van der Waals surface area contributed by atoms with Gasteiger partial charge in [0.2, 0.25) is 0 Å². The summed E-state index contributed by atoms with van der Waals surface area (Å²) in [6.07, 6.45) is 6.17. The smallest absolute Gasteiger partial charge is 0.0695 e. The Labute approximate surface area is 198 Å². The van der Waals surface area contributed by atoms with E-state index in [1.165, 1.54) is 12.8 Å². The molecule has 2 rings (SSSR count). The summed E-state index contributed by atoms with van der Waals surface area (Å²) in [5, 5.41) is 47.6. The van der Waals surface area contributed by atoms with Gasteiger partial charge in [0.1, 0.15) is 0 Å². The lowest BCUT2D eigenvalue weighted by Crippen LogP contribution is -2.42. The van der Waals surface area contributed by atoms with E-state index in [1.807, 2.05) is 35.1 Å². The van der Waals surface area contributed by atoms with Crippen LogP contribution in [0.1, 0.15) is 66.2 Å². The maximum Gasteiger partial charge on any atom is 0.0695 e. The summed E-state index contributed by atoms with van der Waals surface area (Å²) in [5.74, 6) is 1.49. The number of aliphatic hydroxyl groups excluding tert-OH is 4. The van der Waals surface area contributed by atoms with Crippen molar-refractivity contribution in [3.8, 4) is 0 Å². The van der Waals surface area contributed by atoms with Crippen molar-refractivity contribution in [3.05, 3.63) is 0 Å². The number of nitrogens with one attached hydrogen (secondary N) is 4. The van der Waals surface area contributed by atoms with Crippen LogP contribution < -0.4 is 21.3 Å². The van der Waals surface area contributed by atoms with Crippen molar-refractivity contribution < 1.29 is 20.4 Å². The normalized spacial score (nSPS) is 31.5. The summed E-state index contributed by atoms with van der Waals surface area (Å²) in [6.45, 7) is 9.01. The highest BCUT2D eigenvalue weighted by Gasteiger charge is 2.25. The SMILES string of the molecule is CNC(C)CO.CNC1CC(C)CCC1O.CNC1CCC(C)CC1O.CNCC(C)O. The van der Waals surface area contributed by atoms with Crippen molar-refractivity contribution in [1.29, 1.82) is 0 Å². The third-order valence-electron chi connectivity index (χ3n) is 6.16. The standard InChI is InChI=1S/2C8H17NO.2C4H11NO/c1-6-3-4-8(10)7(5-6)9-2;1-6-3-4-7(9-2)8(10)5-6;1-4(3-6)5-2;1-4(6)3-5-2/h2*6-10H,3-5H2,1-2H3;2*4-6H,3H2,1-2H3. The number of rotatable bonds is 6. The Kier molecular flexibility index (Phi) is 22.5. The molecule has 2 fully saturated rings. The molecule has 0 aromatic rings. The van der Waals surface area contributed by atoms with Crippen LogP contribution in [-0.2, 0) is 0 Å². The summed E-state index contributed by atoms with van der Waals surface area (Å²) in [6, 6.07) is 0.921. The first-order valence-corrected chi connectivity index (χ1v) is 12.4. The van der Waals surface area contributed by atoms with Gasteiger partial charge in [-0.2, -0.15) is 0 Å². The van der Waals surface area contributed by atoms with E-state index in [1.54, 1.807) is 6.92 Å². The van der Waals surface area contributed by atoms with Crippen molar-refractivity contribution >= 4 is 0 Å². The second-order valence-electron chi connectivity index (χ2n) is 9.54. The minimum Gasteiger partial charge on any atom is -0.395 e. The first-order valence-electron chi connectivity index (χ1n) is 12.4. The van der Waals surface area contributed by atoms with E-state index in [9.17, 15) is 10.2 Å². The molecule has 0 aliphatic heterocycles. The Morgan fingerprint density at radius 3 is 1.62 bits per heavy atom. The fourth-order valence-corrected chi connectivity index (χ4v) is 3.75. The van der Waals surface area contributed by atoms with E-state index in [4.69, 9.17) is 10.2 Å². The number of hydrogen-bond acceptors (Lipinski definition) is 8. The first-order chi connectivity index (χ1) is 15.1. The maximum absolute atomic E-state index is 9.48. The van der Waals surface area contributed by atoms with Gasteiger partial charge in [-0.1, -0.05) is 13.8 Å². The van der Waals surface area contributed by atoms with Crippen molar-refractivity contribution in [2.24, 2.45) is 11.8 Å². The van der Waals surface area contributed by atoms with Gasteiger partial charge in [-0.3, -0.25) is 0 Å². The quantitative estimate of drug-likeness (QED) is 0.288. The van der Waals surface area contributed by atoms with Crippen LogP contribution in [0.3, 0.4) is 0 Å². The molecule has 2 saturated carbocycles. The van der Waals surface area contributed by atoms with Crippen LogP contribution in [0.4, 0.5) is 0 Å². The lowest BCUT2D eigenvalue weighted by molar-refractivity contribution is 0.0731. The second kappa shape index (κ2) is 21.2. The van der Waals surface area contributed by atoms with E-state index in [0.717, 1.165) is 31.6 Å². The van der Waals surface area contributed by atoms with E-state index >= 15 is 0 Å². The van der Waals surface area contributed by atoms with Crippen molar-refractivity contribution in [2.45, 2.75) is 103 Å². The summed E-state index contributed by atoms with van der Waals surface area (Å²) < 4.78 is 0. The van der Waals surface area contributed by atoms with Crippen LogP contribution in [0.5, 0.6) is 0 Å². The lowest BCUT2D eigenvalue weighted by atomic mass is 9.85. The summed E-state index contributed by atoms with van der Waals surface area (Å²) in [7, 11) is 7.48. The molecule has 0 radical (unpaired) electrons. The Balaban J connectivity index is 0. The van der Waals surface area contributed by atoms with Crippen LogP contribution in [0.25, 0.3) is 0 Å². The molecular formula is C24H56N4O4. The molecule has 0 heterocycles. The van der Waals surface area contributed by atoms with Crippen LogP contribution >= 0.6 is 0 Å². The molecular weight excluding hydrogens is 408 g/mol.